The lowest BCUT2D eigenvalue weighted by atomic mass is 10.2. The van der Waals surface area contributed by atoms with E-state index in [1.54, 1.807) is 26.2 Å². The van der Waals surface area contributed by atoms with E-state index in [4.69, 9.17) is 0 Å². The largest absolute Gasteiger partial charge is 0.435 e. The molecule has 0 radical (unpaired) electrons. The molecular weight excluding hydrogens is 363 g/mol. The summed E-state index contributed by atoms with van der Waals surface area (Å²) in [4.78, 5) is 14.5. The molecule has 0 atom stereocenters. The van der Waals surface area contributed by atoms with Crippen LogP contribution in [0.15, 0.2) is 48.5 Å². The second kappa shape index (κ2) is 6.95. The van der Waals surface area contributed by atoms with Crippen LogP contribution < -0.4 is 0 Å². The van der Waals surface area contributed by atoms with Gasteiger partial charge in [-0.1, -0.05) is 30.3 Å². The van der Waals surface area contributed by atoms with Crippen molar-refractivity contribution in [1.82, 2.24) is 14.7 Å². The summed E-state index contributed by atoms with van der Waals surface area (Å²) in [7, 11) is 3.26. The van der Waals surface area contributed by atoms with Gasteiger partial charge in [-0.3, -0.25) is 9.48 Å². The fourth-order valence-corrected chi connectivity index (χ4v) is 3.49. The smallest absolute Gasteiger partial charge is 0.344 e. The molecule has 2 heterocycles. The first-order chi connectivity index (χ1) is 12.3. The molecule has 0 N–H and O–H groups in total. The van der Waals surface area contributed by atoms with Crippen LogP contribution in [0.3, 0.4) is 0 Å². The fourth-order valence-electron chi connectivity index (χ4n) is 2.44. The van der Waals surface area contributed by atoms with Crippen LogP contribution in [0.1, 0.15) is 20.9 Å². The minimum Gasteiger partial charge on any atom is -0.344 e. The Kier molecular flexibility index (Phi) is 4.86. The quantitative estimate of drug-likeness (QED) is 0.675. The van der Waals surface area contributed by atoms with E-state index in [0.717, 1.165) is 23.0 Å². The van der Waals surface area contributed by atoms with Crippen LogP contribution in [0.4, 0.5) is 13.2 Å². The highest BCUT2D eigenvalue weighted by molar-refractivity contribution is 7.17. The molecule has 8 heteroatoms. The first-order valence-electron chi connectivity index (χ1n) is 7.76. The van der Waals surface area contributed by atoms with Gasteiger partial charge < -0.3 is 4.90 Å². The van der Waals surface area contributed by atoms with Crippen molar-refractivity contribution in [3.8, 4) is 10.6 Å². The number of amides is 1. The monoisotopic (exact) mass is 379 g/mol. The molecule has 0 unspecified atom stereocenters. The van der Waals surface area contributed by atoms with Crippen LogP contribution in [0.2, 0.25) is 0 Å². The molecule has 0 spiro atoms. The molecule has 0 bridgehead atoms. The van der Waals surface area contributed by atoms with Crippen LogP contribution in [0.5, 0.6) is 0 Å². The normalized spacial score (nSPS) is 11.6. The molecule has 3 rings (SSSR count). The first kappa shape index (κ1) is 18.2. The molecule has 0 aliphatic carbocycles. The highest BCUT2D eigenvalue weighted by Gasteiger charge is 2.35. The number of thiophene rings is 1. The number of hydrogen-bond acceptors (Lipinski definition) is 3. The molecule has 1 aromatic carbocycles. The Bertz CT molecular complexity index is 913. The molecular formula is C18H16F3N3OS. The zero-order valence-electron chi connectivity index (χ0n) is 14.1. The van der Waals surface area contributed by atoms with E-state index >= 15 is 0 Å². The topological polar surface area (TPSA) is 38.1 Å². The average Bonchev–Trinajstić information content (AvgIpc) is 3.21. The van der Waals surface area contributed by atoms with Crippen molar-refractivity contribution >= 4 is 17.2 Å². The van der Waals surface area contributed by atoms with Gasteiger partial charge in [0, 0.05) is 14.1 Å². The number of carbonyl (C=O) groups excluding carboxylic acids is 1. The van der Waals surface area contributed by atoms with Crippen LogP contribution in [0, 0.1) is 0 Å². The molecule has 0 saturated heterocycles. The predicted molar refractivity (Wildman–Crippen MR) is 94.1 cm³/mol. The van der Waals surface area contributed by atoms with Crippen LogP contribution in [-0.2, 0) is 12.7 Å². The zero-order valence-corrected chi connectivity index (χ0v) is 14.9. The van der Waals surface area contributed by atoms with Gasteiger partial charge in [0.05, 0.1) is 22.0 Å². The van der Waals surface area contributed by atoms with Gasteiger partial charge in [-0.05, 0) is 23.8 Å². The second-order valence-electron chi connectivity index (χ2n) is 5.92. The van der Waals surface area contributed by atoms with Gasteiger partial charge in [-0.25, -0.2) is 0 Å². The summed E-state index contributed by atoms with van der Waals surface area (Å²) < 4.78 is 40.8. The summed E-state index contributed by atoms with van der Waals surface area (Å²) in [5.74, 6) is -0.189. The summed E-state index contributed by atoms with van der Waals surface area (Å²) in [5, 5.41) is 3.75. The van der Waals surface area contributed by atoms with E-state index in [1.165, 1.54) is 9.58 Å². The van der Waals surface area contributed by atoms with Crippen molar-refractivity contribution in [3.63, 3.8) is 0 Å². The van der Waals surface area contributed by atoms with E-state index in [-0.39, 0.29) is 12.5 Å². The van der Waals surface area contributed by atoms with Crippen molar-refractivity contribution in [1.29, 1.82) is 0 Å². The Labute approximate surface area is 152 Å². The Morgan fingerprint density at radius 1 is 1.15 bits per heavy atom. The Morgan fingerprint density at radius 2 is 1.85 bits per heavy atom. The molecule has 0 fully saturated rings. The third kappa shape index (κ3) is 3.80. The fraction of sp³-hybridized carbons (Fsp3) is 0.222. The van der Waals surface area contributed by atoms with Crippen molar-refractivity contribution in [2.45, 2.75) is 12.7 Å². The van der Waals surface area contributed by atoms with Crippen molar-refractivity contribution in [3.05, 3.63) is 64.7 Å². The maximum atomic E-state index is 13.1. The number of aromatic nitrogens is 2. The van der Waals surface area contributed by atoms with Crippen molar-refractivity contribution < 1.29 is 18.0 Å². The molecule has 3 aromatic rings. The number of alkyl halides is 3. The van der Waals surface area contributed by atoms with Gasteiger partial charge >= 0.3 is 6.18 Å². The number of carbonyl (C=O) groups is 1. The Morgan fingerprint density at radius 3 is 2.46 bits per heavy atom. The molecule has 26 heavy (non-hydrogen) atoms. The molecule has 2 aromatic heterocycles. The summed E-state index contributed by atoms with van der Waals surface area (Å²) in [6.07, 6.45) is -4.53. The van der Waals surface area contributed by atoms with Crippen molar-refractivity contribution in [2.75, 3.05) is 14.1 Å². The standard InChI is InChI=1S/C18H16F3N3OS/c1-23(2)17(25)15-9-8-14(26-15)13-10-16(18(19,20)21)22-24(13)11-12-6-4-3-5-7-12/h3-10H,11H2,1-2H3. The van der Waals surface area contributed by atoms with E-state index in [9.17, 15) is 18.0 Å². The SMILES string of the molecule is CN(C)C(=O)c1ccc(-c2cc(C(F)(F)F)nn2Cc2ccccc2)s1. The third-order valence-electron chi connectivity index (χ3n) is 3.72. The van der Waals surface area contributed by atoms with E-state index < -0.39 is 11.9 Å². The van der Waals surface area contributed by atoms with Gasteiger partial charge in [0.15, 0.2) is 5.69 Å². The number of rotatable bonds is 4. The molecule has 136 valence electrons. The lowest BCUT2D eigenvalue weighted by molar-refractivity contribution is -0.141. The number of hydrogen-bond donors (Lipinski definition) is 0. The average molecular weight is 379 g/mol. The minimum atomic E-state index is -4.53. The van der Waals surface area contributed by atoms with Gasteiger partial charge in [-0.15, -0.1) is 11.3 Å². The van der Waals surface area contributed by atoms with Crippen LogP contribution in [0.25, 0.3) is 10.6 Å². The Hall–Kier alpha value is -2.61. The lowest BCUT2D eigenvalue weighted by Crippen LogP contribution is -2.20. The molecule has 0 aliphatic heterocycles. The third-order valence-corrected chi connectivity index (χ3v) is 4.82. The van der Waals surface area contributed by atoms with Gasteiger partial charge in [0.25, 0.3) is 5.91 Å². The predicted octanol–water partition coefficient (Wildman–Crippen LogP) is 4.38. The van der Waals surface area contributed by atoms with Crippen LogP contribution in [-0.4, -0.2) is 34.7 Å². The van der Waals surface area contributed by atoms with E-state index in [2.05, 4.69) is 5.10 Å². The maximum absolute atomic E-state index is 13.1. The van der Waals surface area contributed by atoms with E-state index in [0.29, 0.717) is 15.4 Å². The number of nitrogens with zero attached hydrogens (tertiary/aromatic N) is 3. The van der Waals surface area contributed by atoms with E-state index in [1.807, 2.05) is 30.3 Å². The highest BCUT2D eigenvalue weighted by atomic mass is 32.1. The zero-order chi connectivity index (χ0) is 18.9. The van der Waals surface area contributed by atoms with Gasteiger partial charge in [-0.2, -0.15) is 18.3 Å². The van der Waals surface area contributed by atoms with Crippen LogP contribution >= 0.6 is 11.3 Å². The number of halogens is 3. The van der Waals surface area contributed by atoms with Gasteiger partial charge in [0.2, 0.25) is 0 Å². The molecule has 1 amide bonds. The highest BCUT2D eigenvalue weighted by Crippen LogP contribution is 2.35. The summed E-state index contributed by atoms with van der Waals surface area (Å²) in [6.45, 7) is 0.209. The summed E-state index contributed by atoms with van der Waals surface area (Å²) in [5.41, 5.74) is 0.230. The second-order valence-corrected chi connectivity index (χ2v) is 7.00. The maximum Gasteiger partial charge on any atom is 0.435 e. The lowest BCUT2D eigenvalue weighted by Gasteiger charge is -2.08. The Balaban J connectivity index is 2.02. The molecule has 0 aliphatic rings. The number of benzene rings is 1. The minimum absolute atomic E-state index is 0.189. The van der Waals surface area contributed by atoms with Gasteiger partial charge in [0.1, 0.15) is 0 Å². The first-order valence-corrected chi connectivity index (χ1v) is 8.58. The van der Waals surface area contributed by atoms with Crippen molar-refractivity contribution in [2.24, 2.45) is 0 Å². The molecule has 4 nitrogen and oxygen atoms in total. The summed E-state index contributed by atoms with van der Waals surface area (Å²) >= 11 is 1.15. The summed E-state index contributed by atoms with van der Waals surface area (Å²) in [6, 6.07) is 13.4. The molecule has 0 saturated carbocycles.